The van der Waals surface area contributed by atoms with E-state index in [0.717, 1.165) is 12.8 Å². The smallest absolute Gasteiger partial charge is 0.227 e. The highest BCUT2D eigenvalue weighted by atomic mass is 19.1. The second kappa shape index (κ2) is 7.55. The molecule has 1 aromatic carbocycles. The van der Waals surface area contributed by atoms with Gasteiger partial charge in [-0.3, -0.25) is 4.79 Å². The molecule has 1 rings (SSSR count). The number of anilines is 1. The summed E-state index contributed by atoms with van der Waals surface area (Å²) < 4.78 is 13.2. The van der Waals surface area contributed by atoms with E-state index in [1.54, 1.807) is 0 Å². The summed E-state index contributed by atoms with van der Waals surface area (Å²) in [5.41, 5.74) is 0.840. The largest absolute Gasteiger partial charge is 0.384 e. The summed E-state index contributed by atoms with van der Waals surface area (Å²) in [5.74, 6) is 4.49. The van der Waals surface area contributed by atoms with Crippen LogP contribution in [0.1, 0.15) is 32.3 Å². The summed E-state index contributed by atoms with van der Waals surface area (Å²) in [4.78, 5) is 12.0. The Morgan fingerprint density at radius 1 is 1.42 bits per heavy atom. The number of aliphatic hydroxyl groups is 1. The van der Waals surface area contributed by atoms with Crippen molar-refractivity contribution in [2.75, 3.05) is 11.9 Å². The normalized spacial score (nSPS) is 9.95. The zero-order valence-electron chi connectivity index (χ0n) is 11.2. The van der Waals surface area contributed by atoms with Crippen molar-refractivity contribution in [3.63, 3.8) is 0 Å². The van der Waals surface area contributed by atoms with Crippen LogP contribution in [0.4, 0.5) is 10.1 Å². The molecule has 0 aliphatic heterocycles. The molecule has 0 spiro atoms. The molecular weight excluding hydrogens is 245 g/mol. The molecule has 1 aromatic rings. The van der Waals surface area contributed by atoms with Crippen LogP contribution < -0.4 is 5.32 Å². The molecule has 0 aromatic heterocycles. The van der Waals surface area contributed by atoms with Gasteiger partial charge in [-0.1, -0.05) is 25.7 Å². The SMILES string of the molecule is CCC(CC)C(=O)Nc1ccc(F)cc1C#CCO. The summed E-state index contributed by atoms with van der Waals surface area (Å²) in [5, 5.41) is 11.4. The molecule has 4 heteroatoms. The predicted octanol–water partition coefficient (Wildman–Crippen LogP) is 2.54. The lowest BCUT2D eigenvalue weighted by molar-refractivity contribution is -0.120. The summed E-state index contributed by atoms with van der Waals surface area (Å²) >= 11 is 0. The zero-order chi connectivity index (χ0) is 14.3. The molecule has 0 aliphatic carbocycles. The van der Waals surface area contributed by atoms with Crippen molar-refractivity contribution < 1.29 is 14.3 Å². The molecule has 0 radical (unpaired) electrons. The summed E-state index contributed by atoms with van der Waals surface area (Å²) in [6.07, 6.45) is 1.50. The van der Waals surface area contributed by atoms with Gasteiger partial charge in [-0.15, -0.1) is 0 Å². The first-order chi connectivity index (χ1) is 9.12. The van der Waals surface area contributed by atoms with Crippen molar-refractivity contribution in [3.05, 3.63) is 29.6 Å². The monoisotopic (exact) mass is 263 g/mol. The number of hydrogen-bond acceptors (Lipinski definition) is 2. The highest BCUT2D eigenvalue weighted by Crippen LogP contribution is 2.18. The van der Waals surface area contributed by atoms with E-state index in [4.69, 9.17) is 5.11 Å². The molecule has 3 nitrogen and oxygen atoms in total. The number of aliphatic hydroxyl groups excluding tert-OH is 1. The Bertz CT molecular complexity index is 499. The standard InChI is InChI=1S/C15H18FNO2/c1-3-11(4-2)15(19)17-14-8-7-13(16)10-12(14)6-5-9-18/h7-8,10-11,18H,3-4,9H2,1-2H3,(H,17,19). The molecule has 0 saturated heterocycles. The first-order valence-corrected chi connectivity index (χ1v) is 6.32. The molecule has 0 aliphatic rings. The molecular formula is C15H18FNO2. The lowest BCUT2D eigenvalue weighted by Crippen LogP contribution is -2.22. The van der Waals surface area contributed by atoms with Crippen LogP contribution in [-0.2, 0) is 4.79 Å². The van der Waals surface area contributed by atoms with Gasteiger partial charge in [-0.2, -0.15) is 0 Å². The molecule has 19 heavy (non-hydrogen) atoms. The molecule has 0 unspecified atom stereocenters. The fraction of sp³-hybridized carbons (Fsp3) is 0.400. The third kappa shape index (κ3) is 4.38. The van der Waals surface area contributed by atoms with Gasteiger partial charge in [0.15, 0.2) is 0 Å². The van der Waals surface area contributed by atoms with Gasteiger partial charge >= 0.3 is 0 Å². The second-order valence-electron chi connectivity index (χ2n) is 4.15. The molecule has 0 heterocycles. The van der Waals surface area contributed by atoms with Crippen molar-refractivity contribution in [1.29, 1.82) is 0 Å². The third-order valence-corrected chi connectivity index (χ3v) is 2.90. The molecule has 0 atom stereocenters. The van der Waals surface area contributed by atoms with Gasteiger partial charge in [-0.25, -0.2) is 4.39 Å². The average molecular weight is 263 g/mol. The Hall–Kier alpha value is -1.86. The number of carbonyl (C=O) groups is 1. The van der Waals surface area contributed by atoms with Crippen LogP contribution in [0.5, 0.6) is 0 Å². The number of rotatable bonds is 4. The molecule has 102 valence electrons. The van der Waals surface area contributed by atoms with Crippen LogP contribution in [0, 0.1) is 23.6 Å². The van der Waals surface area contributed by atoms with E-state index in [-0.39, 0.29) is 18.4 Å². The molecule has 2 N–H and O–H groups in total. The Morgan fingerprint density at radius 3 is 2.68 bits per heavy atom. The topological polar surface area (TPSA) is 49.3 Å². The molecule has 0 fully saturated rings. The number of carbonyl (C=O) groups excluding carboxylic acids is 1. The van der Waals surface area contributed by atoms with E-state index >= 15 is 0 Å². The van der Waals surface area contributed by atoms with Gasteiger partial charge in [0.1, 0.15) is 12.4 Å². The van der Waals surface area contributed by atoms with Crippen molar-refractivity contribution in [3.8, 4) is 11.8 Å². The van der Waals surface area contributed by atoms with E-state index in [9.17, 15) is 9.18 Å². The number of nitrogens with one attached hydrogen (secondary N) is 1. The molecule has 0 bridgehead atoms. The van der Waals surface area contributed by atoms with Crippen LogP contribution >= 0.6 is 0 Å². The van der Waals surface area contributed by atoms with Crippen LogP contribution in [-0.4, -0.2) is 17.6 Å². The Labute approximate surface area is 112 Å². The van der Waals surface area contributed by atoms with Gasteiger partial charge in [-0.05, 0) is 31.0 Å². The van der Waals surface area contributed by atoms with Crippen molar-refractivity contribution in [2.24, 2.45) is 5.92 Å². The van der Waals surface area contributed by atoms with Crippen molar-refractivity contribution in [2.45, 2.75) is 26.7 Å². The van der Waals surface area contributed by atoms with E-state index in [0.29, 0.717) is 11.3 Å². The highest BCUT2D eigenvalue weighted by molar-refractivity contribution is 5.93. The van der Waals surface area contributed by atoms with E-state index in [1.165, 1.54) is 18.2 Å². The summed E-state index contributed by atoms with van der Waals surface area (Å²) in [7, 11) is 0. The number of hydrogen-bond donors (Lipinski definition) is 2. The lowest BCUT2D eigenvalue weighted by atomic mass is 10.0. The third-order valence-electron chi connectivity index (χ3n) is 2.90. The maximum Gasteiger partial charge on any atom is 0.227 e. The molecule has 0 saturated carbocycles. The minimum Gasteiger partial charge on any atom is -0.384 e. The fourth-order valence-corrected chi connectivity index (χ4v) is 1.76. The van der Waals surface area contributed by atoms with E-state index in [2.05, 4.69) is 17.2 Å². The Balaban J connectivity index is 2.97. The minimum absolute atomic E-state index is 0.0660. The number of amides is 1. The van der Waals surface area contributed by atoms with E-state index < -0.39 is 5.82 Å². The quantitative estimate of drug-likeness (QED) is 0.820. The van der Waals surface area contributed by atoms with Crippen LogP contribution in [0.3, 0.4) is 0 Å². The number of benzene rings is 1. The summed E-state index contributed by atoms with van der Waals surface area (Å²) in [6.45, 7) is 3.59. The van der Waals surface area contributed by atoms with Gasteiger partial charge in [0.05, 0.1) is 11.3 Å². The molecule has 1 amide bonds. The summed E-state index contributed by atoms with van der Waals surface area (Å²) in [6, 6.07) is 3.99. The van der Waals surface area contributed by atoms with Crippen LogP contribution in [0.2, 0.25) is 0 Å². The van der Waals surface area contributed by atoms with Gasteiger partial charge in [0.25, 0.3) is 0 Å². The predicted molar refractivity (Wildman–Crippen MR) is 73.1 cm³/mol. The zero-order valence-corrected chi connectivity index (χ0v) is 11.2. The van der Waals surface area contributed by atoms with Gasteiger partial charge in [0.2, 0.25) is 5.91 Å². The maximum absolute atomic E-state index is 13.2. The van der Waals surface area contributed by atoms with Crippen LogP contribution in [0.25, 0.3) is 0 Å². The second-order valence-corrected chi connectivity index (χ2v) is 4.15. The average Bonchev–Trinajstić information content (AvgIpc) is 2.40. The highest BCUT2D eigenvalue weighted by Gasteiger charge is 2.15. The van der Waals surface area contributed by atoms with Gasteiger partial charge in [0, 0.05) is 5.92 Å². The van der Waals surface area contributed by atoms with Crippen molar-refractivity contribution >= 4 is 11.6 Å². The Morgan fingerprint density at radius 2 is 2.11 bits per heavy atom. The minimum atomic E-state index is -0.428. The lowest BCUT2D eigenvalue weighted by Gasteiger charge is -2.13. The first-order valence-electron chi connectivity index (χ1n) is 6.32. The van der Waals surface area contributed by atoms with Crippen molar-refractivity contribution in [1.82, 2.24) is 0 Å². The number of halogens is 1. The van der Waals surface area contributed by atoms with E-state index in [1.807, 2.05) is 13.8 Å². The fourth-order valence-electron chi connectivity index (χ4n) is 1.76. The Kier molecular flexibility index (Phi) is 6.04. The van der Waals surface area contributed by atoms with Gasteiger partial charge < -0.3 is 10.4 Å². The maximum atomic E-state index is 13.2. The van der Waals surface area contributed by atoms with Crippen LogP contribution in [0.15, 0.2) is 18.2 Å². The first kappa shape index (κ1) is 15.2.